The number of rotatable bonds is 7. The zero-order valence-corrected chi connectivity index (χ0v) is 20.0. The Kier molecular flexibility index (Phi) is 7.74. The van der Waals surface area contributed by atoms with E-state index in [1.807, 2.05) is 6.92 Å². The second-order valence-corrected chi connectivity index (χ2v) is 10.5. The van der Waals surface area contributed by atoms with Gasteiger partial charge in [0, 0.05) is 37.3 Å². The first kappa shape index (κ1) is 24.4. The van der Waals surface area contributed by atoms with Crippen LogP contribution in [0.1, 0.15) is 37.9 Å². The fraction of sp³-hybridized carbons (Fsp3) is 0.455. The lowest BCUT2D eigenvalue weighted by Gasteiger charge is -2.32. The molecule has 1 aliphatic heterocycles. The molecule has 1 aromatic carbocycles. The lowest BCUT2D eigenvalue weighted by atomic mass is 10.1. The molecular formula is C22H28ClFN4O3S. The number of aryl methyl sites for hydroxylation is 1. The van der Waals surface area contributed by atoms with Gasteiger partial charge >= 0.3 is 0 Å². The molecule has 174 valence electrons. The third kappa shape index (κ3) is 5.96. The highest BCUT2D eigenvalue weighted by molar-refractivity contribution is 7.89. The molecule has 2 aromatic rings. The quantitative estimate of drug-likeness (QED) is 0.611. The van der Waals surface area contributed by atoms with Crippen LogP contribution in [0.25, 0.3) is 6.08 Å². The molecule has 1 fully saturated rings. The summed E-state index contributed by atoms with van der Waals surface area (Å²) in [6, 6.07) is 4.40. The van der Waals surface area contributed by atoms with Gasteiger partial charge in [0.2, 0.25) is 15.9 Å². The number of carbonyl (C=O) groups is 1. The zero-order chi connectivity index (χ0) is 23.5. The van der Waals surface area contributed by atoms with E-state index in [0.29, 0.717) is 42.6 Å². The molecule has 1 N–H and O–H groups in total. The van der Waals surface area contributed by atoms with Gasteiger partial charge in [-0.1, -0.05) is 31.5 Å². The number of likely N-dealkylation sites (tertiary alicyclic amines) is 1. The van der Waals surface area contributed by atoms with Crippen LogP contribution in [-0.4, -0.2) is 48.1 Å². The normalized spacial score (nSPS) is 17.4. The summed E-state index contributed by atoms with van der Waals surface area (Å²) in [5.74, 6) is -0.470. The first-order valence-electron chi connectivity index (χ1n) is 10.5. The van der Waals surface area contributed by atoms with E-state index in [4.69, 9.17) is 11.6 Å². The number of hydrogen-bond acceptors (Lipinski definition) is 4. The number of nitrogens with zero attached hydrogens (tertiary/aromatic N) is 3. The average molecular weight is 483 g/mol. The van der Waals surface area contributed by atoms with Gasteiger partial charge < -0.3 is 4.90 Å². The molecule has 0 bridgehead atoms. The van der Waals surface area contributed by atoms with Crippen molar-refractivity contribution in [2.75, 3.05) is 13.1 Å². The molecule has 32 heavy (non-hydrogen) atoms. The van der Waals surface area contributed by atoms with Crippen LogP contribution in [-0.2, 0) is 21.4 Å². The van der Waals surface area contributed by atoms with Crippen molar-refractivity contribution < 1.29 is 17.6 Å². The largest absolute Gasteiger partial charge is 0.338 e. The highest BCUT2D eigenvalue weighted by Crippen LogP contribution is 2.23. The van der Waals surface area contributed by atoms with Crippen LogP contribution in [0.2, 0.25) is 5.15 Å². The summed E-state index contributed by atoms with van der Waals surface area (Å²) in [6.45, 7) is 7.42. The minimum atomic E-state index is -3.88. The Morgan fingerprint density at radius 1 is 1.41 bits per heavy atom. The van der Waals surface area contributed by atoms with Crippen molar-refractivity contribution in [3.05, 3.63) is 52.6 Å². The van der Waals surface area contributed by atoms with E-state index < -0.39 is 21.9 Å². The number of carbonyl (C=O) groups excluding carboxylic acids is 1. The second kappa shape index (κ2) is 10.1. The SMILES string of the molecule is Cc1nn(CC(C)C)c(Cl)c1C=CC(=O)N1CCCC(NS(=O)(=O)c2cccc(F)c2)C1. The predicted octanol–water partition coefficient (Wildman–Crippen LogP) is 3.62. The van der Waals surface area contributed by atoms with Gasteiger partial charge in [-0.05, 0) is 50.0 Å². The molecule has 7 nitrogen and oxygen atoms in total. The molecule has 0 radical (unpaired) electrons. The van der Waals surface area contributed by atoms with Crippen LogP contribution < -0.4 is 4.72 Å². The summed E-state index contributed by atoms with van der Waals surface area (Å²) in [5.41, 5.74) is 1.43. The molecule has 1 unspecified atom stereocenters. The van der Waals surface area contributed by atoms with Crippen molar-refractivity contribution in [1.29, 1.82) is 0 Å². The minimum absolute atomic E-state index is 0.135. The smallest absolute Gasteiger partial charge is 0.246 e. The summed E-state index contributed by atoms with van der Waals surface area (Å²) in [6.07, 6.45) is 4.35. The molecule has 1 aliphatic rings. The van der Waals surface area contributed by atoms with Crippen molar-refractivity contribution in [2.24, 2.45) is 5.92 Å². The summed E-state index contributed by atoms with van der Waals surface area (Å²) in [7, 11) is -3.88. The fourth-order valence-electron chi connectivity index (χ4n) is 3.68. The van der Waals surface area contributed by atoms with E-state index >= 15 is 0 Å². The van der Waals surface area contributed by atoms with Crippen molar-refractivity contribution in [1.82, 2.24) is 19.4 Å². The number of amides is 1. The number of halogens is 2. The summed E-state index contributed by atoms with van der Waals surface area (Å²) in [4.78, 5) is 14.2. The number of piperidine rings is 1. The van der Waals surface area contributed by atoms with E-state index in [1.165, 1.54) is 24.3 Å². The third-order valence-electron chi connectivity index (χ3n) is 5.20. The van der Waals surface area contributed by atoms with Crippen LogP contribution in [0, 0.1) is 18.7 Å². The molecule has 0 aliphatic carbocycles. The molecule has 1 atom stereocenters. The van der Waals surface area contributed by atoms with Gasteiger partial charge in [-0.25, -0.2) is 17.5 Å². The lowest BCUT2D eigenvalue weighted by molar-refractivity contribution is -0.127. The predicted molar refractivity (Wildman–Crippen MR) is 122 cm³/mol. The molecule has 1 saturated heterocycles. The number of hydrogen-bond donors (Lipinski definition) is 1. The summed E-state index contributed by atoms with van der Waals surface area (Å²) >= 11 is 6.43. The highest BCUT2D eigenvalue weighted by atomic mass is 35.5. The zero-order valence-electron chi connectivity index (χ0n) is 18.4. The van der Waals surface area contributed by atoms with Crippen molar-refractivity contribution in [3.63, 3.8) is 0 Å². The van der Waals surface area contributed by atoms with Crippen LogP contribution in [0.3, 0.4) is 0 Å². The third-order valence-corrected chi connectivity index (χ3v) is 7.12. The summed E-state index contributed by atoms with van der Waals surface area (Å²) in [5, 5.41) is 4.92. The molecule has 3 rings (SSSR count). The first-order valence-corrected chi connectivity index (χ1v) is 12.4. The van der Waals surface area contributed by atoms with Crippen molar-refractivity contribution >= 4 is 33.6 Å². The van der Waals surface area contributed by atoms with Gasteiger partial charge in [-0.2, -0.15) is 5.10 Å². The standard InChI is InChI=1S/C22H28ClFN4O3S/c1-15(2)13-28-22(23)20(16(3)25-28)9-10-21(29)27-11-5-7-18(14-27)26-32(30,31)19-8-4-6-17(24)12-19/h4,6,8-10,12,15,18,26H,5,7,11,13-14H2,1-3H3. The molecular weight excluding hydrogens is 455 g/mol. The van der Waals surface area contributed by atoms with Crippen LogP contribution >= 0.6 is 11.6 Å². The fourth-order valence-corrected chi connectivity index (χ4v) is 5.28. The minimum Gasteiger partial charge on any atom is -0.338 e. The Balaban J connectivity index is 1.66. The Labute approximate surface area is 193 Å². The van der Waals surface area contributed by atoms with Gasteiger partial charge in [-0.3, -0.25) is 9.48 Å². The molecule has 2 heterocycles. The number of benzene rings is 1. The first-order chi connectivity index (χ1) is 15.1. The highest BCUT2D eigenvalue weighted by Gasteiger charge is 2.27. The van der Waals surface area contributed by atoms with E-state index in [9.17, 15) is 17.6 Å². The maximum absolute atomic E-state index is 13.4. The maximum Gasteiger partial charge on any atom is 0.246 e. The topological polar surface area (TPSA) is 84.3 Å². The maximum atomic E-state index is 13.4. The lowest BCUT2D eigenvalue weighted by Crippen LogP contribution is -2.49. The van der Waals surface area contributed by atoms with Gasteiger partial charge in [0.05, 0.1) is 10.6 Å². The second-order valence-electron chi connectivity index (χ2n) is 8.40. The van der Waals surface area contributed by atoms with Crippen LogP contribution in [0.5, 0.6) is 0 Å². The summed E-state index contributed by atoms with van der Waals surface area (Å²) < 4.78 is 42.9. The molecule has 1 aromatic heterocycles. The number of nitrogens with one attached hydrogen (secondary N) is 1. The van der Waals surface area contributed by atoms with E-state index in [2.05, 4.69) is 23.7 Å². The number of sulfonamides is 1. The monoisotopic (exact) mass is 482 g/mol. The Bertz CT molecular complexity index is 1110. The molecule has 0 saturated carbocycles. The van der Waals surface area contributed by atoms with Crippen molar-refractivity contribution in [2.45, 2.75) is 51.1 Å². The van der Waals surface area contributed by atoms with Crippen molar-refractivity contribution in [3.8, 4) is 0 Å². The van der Waals surface area contributed by atoms with E-state index in [1.54, 1.807) is 15.7 Å². The van der Waals surface area contributed by atoms with Gasteiger partial charge in [-0.15, -0.1) is 0 Å². The average Bonchev–Trinajstić information content (AvgIpc) is 2.98. The Morgan fingerprint density at radius 2 is 2.16 bits per heavy atom. The van der Waals surface area contributed by atoms with Gasteiger partial charge in [0.25, 0.3) is 0 Å². The van der Waals surface area contributed by atoms with Crippen LogP contribution in [0.15, 0.2) is 35.2 Å². The van der Waals surface area contributed by atoms with E-state index in [-0.39, 0.29) is 17.3 Å². The Hall–Kier alpha value is -2.23. The van der Waals surface area contributed by atoms with Crippen LogP contribution in [0.4, 0.5) is 4.39 Å². The van der Waals surface area contributed by atoms with E-state index in [0.717, 1.165) is 11.8 Å². The van der Waals surface area contributed by atoms with Gasteiger partial charge in [0.1, 0.15) is 11.0 Å². The Morgan fingerprint density at radius 3 is 2.84 bits per heavy atom. The van der Waals surface area contributed by atoms with Gasteiger partial charge in [0.15, 0.2) is 0 Å². The molecule has 10 heteroatoms. The molecule has 0 spiro atoms. The molecule has 1 amide bonds. The number of aromatic nitrogens is 2.